The van der Waals surface area contributed by atoms with E-state index in [9.17, 15) is 19.2 Å². The van der Waals surface area contributed by atoms with Gasteiger partial charge in [0.1, 0.15) is 17.3 Å². The Kier molecular flexibility index (Phi) is 13.3. The average Bonchev–Trinajstić information content (AvgIpc) is 3.61. The van der Waals surface area contributed by atoms with Gasteiger partial charge >= 0.3 is 5.97 Å². The van der Waals surface area contributed by atoms with Crippen molar-refractivity contribution in [2.24, 2.45) is 0 Å². The molecule has 2 aromatic heterocycles. The van der Waals surface area contributed by atoms with Gasteiger partial charge in [0, 0.05) is 54.2 Å². The molecule has 0 atom stereocenters. The minimum absolute atomic E-state index is 0.00575. The van der Waals surface area contributed by atoms with E-state index in [1.165, 1.54) is 0 Å². The number of fused-ring (bicyclic) bond motifs is 2. The van der Waals surface area contributed by atoms with E-state index in [1.54, 1.807) is 27.7 Å². The fourth-order valence-electron chi connectivity index (χ4n) is 7.11. The standard InChI is InChI=1S/C23H24ClNO3.C22H22ClNO2/c1-4-28-23(27)22-18(11-10-16(3)26)19-12-15(2)13-20(24)21(19)25(22)14-17-8-6-5-7-9-17;1-14(25)9-10-18-21-15(2)19(23)11-12-20(21)24(22(18)16(3)26)13-17-7-5-4-6-8-17/h5-9,12-13H,4,10-11,14H2,1-3H3;4-8,11-12H,9-10,13H2,1-3H3. The van der Waals surface area contributed by atoms with Crippen LogP contribution in [-0.4, -0.2) is 39.1 Å². The summed E-state index contributed by atoms with van der Waals surface area (Å²) in [6.07, 6.45) is 1.80. The van der Waals surface area contributed by atoms with Crippen LogP contribution in [0.5, 0.6) is 0 Å². The SMILES string of the molecule is CC(=O)CCc1c(C(C)=O)n(Cc2ccccc2)c2ccc(Cl)c(C)c12.CCOC(=O)c1c(CCC(C)=O)c2cc(C)cc(Cl)c2n1Cc1ccccc1. The maximum Gasteiger partial charge on any atom is 0.355 e. The maximum absolute atomic E-state index is 12.9. The molecule has 0 spiro atoms. The van der Waals surface area contributed by atoms with Crippen LogP contribution in [0.4, 0.5) is 0 Å². The van der Waals surface area contributed by atoms with Gasteiger partial charge in [0.2, 0.25) is 0 Å². The maximum atomic E-state index is 12.9. The molecule has 4 aromatic carbocycles. The number of aryl methyl sites for hydroxylation is 4. The summed E-state index contributed by atoms with van der Waals surface area (Å²) in [4.78, 5) is 48.7. The highest BCUT2D eigenvalue weighted by atomic mass is 35.5. The van der Waals surface area contributed by atoms with Crippen molar-refractivity contribution in [2.75, 3.05) is 6.61 Å². The molecule has 0 aliphatic carbocycles. The molecule has 0 saturated heterocycles. The van der Waals surface area contributed by atoms with E-state index in [-0.39, 0.29) is 29.9 Å². The number of nitrogens with zero attached hydrogens (tertiary/aromatic N) is 2. The van der Waals surface area contributed by atoms with Crippen LogP contribution in [0.1, 0.15) is 94.9 Å². The Labute approximate surface area is 326 Å². The van der Waals surface area contributed by atoms with Crippen molar-refractivity contribution >= 4 is 68.3 Å². The summed E-state index contributed by atoms with van der Waals surface area (Å²) in [5.41, 5.74) is 8.84. The molecule has 0 bridgehead atoms. The predicted octanol–water partition coefficient (Wildman–Crippen LogP) is 10.7. The van der Waals surface area contributed by atoms with Crippen molar-refractivity contribution in [1.29, 1.82) is 0 Å². The lowest BCUT2D eigenvalue weighted by Gasteiger charge is -2.12. The highest BCUT2D eigenvalue weighted by Crippen LogP contribution is 2.36. The summed E-state index contributed by atoms with van der Waals surface area (Å²) in [6, 6.07) is 27.7. The summed E-state index contributed by atoms with van der Waals surface area (Å²) in [7, 11) is 0. The molecular weight excluding hydrogens is 719 g/mol. The van der Waals surface area contributed by atoms with E-state index in [0.29, 0.717) is 60.2 Å². The summed E-state index contributed by atoms with van der Waals surface area (Å²) < 4.78 is 9.36. The number of esters is 1. The molecule has 0 aliphatic rings. The van der Waals surface area contributed by atoms with Crippen LogP contribution in [0.3, 0.4) is 0 Å². The summed E-state index contributed by atoms with van der Waals surface area (Å²) in [5.74, 6) is -0.186. The van der Waals surface area contributed by atoms with Gasteiger partial charge in [-0.1, -0.05) is 83.9 Å². The zero-order chi connectivity index (χ0) is 39.1. The van der Waals surface area contributed by atoms with Crippen molar-refractivity contribution in [1.82, 2.24) is 9.13 Å². The smallest absolute Gasteiger partial charge is 0.355 e. The first kappa shape index (κ1) is 40.2. The Bertz CT molecular complexity index is 2340. The highest BCUT2D eigenvalue weighted by Gasteiger charge is 2.26. The van der Waals surface area contributed by atoms with Gasteiger partial charge in [0.15, 0.2) is 5.78 Å². The molecule has 6 rings (SSSR count). The fraction of sp³-hybridized carbons (Fsp3) is 0.289. The number of ketones is 3. The topological polar surface area (TPSA) is 87.4 Å². The molecule has 2 heterocycles. The molecule has 0 radical (unpaired) electrons. The Balaban J connectivity index is 0.000000208. The minimum atomic E-state index is -0.387. The largest absolute Gasteiger partial charge is 0.461 e. The normalized spacial score (nSPS) is 11.0. The zero-order valence-corrected chi connectivity index (χ0v) is 33.2. The van der Waals surface area contributed by atoms with Crippen molar-refractivity contribution in [3.8, 4) is 0 Å². The second kappa shape index (κ2) is 17.9. The lowest BCUT2D eigenvalue weighted by molar-refractivity contribution is -0.117. The Hall–Kier alpha value is -4.98. The molecule has 54 heavy (non-hydrogen) atoms. The third kappa shape index (κ3) is 9.03. The molecular formula is C45H46Cl2N2O5. The minimum Gasteiger partial charge on any atom is -0.461 e. The number of carbonyl (C=O) groups is 4. The fourth-order valence-corrected chi connectivity index (χ4v) is 7.64. The van der Waals surface area contributed by atoms with E-state index in [2.05, 4.69) is 4.57 Å². The van der Waals surface area contributed by atoms with Crippen molar-refractivity contribution in [3.63, 3.8) is 0 Å². The Morgan fingerprint density at radius 2 is 1.22 bits per heavy atom. The van der Waals surface area contributed by atoms with Crippen LogP contribution in [0.15, 0.2) is 84.9 Å². The van der Waals surface area contributed by atoms with Gasteiger partial charge < -0.3 is 23.5 Å². The second-order valence-corrected chi connectivity index (χ2v) is 14.5. The van der Waals surface area contributed by atoms with E-state index in [0.717, 1.165) is 55.2 Å². The molecule has 0 N–H and O–H groups in total. The van der Waals surface area contributed by atoms with Crippen LogP contribution in [0, 0.1) is 13.8 Å². The highest BCUT2D eigenvalue weighted by molar-refractivity contribution is 6.35. The second-order valence-electron chi connectivity index (χ2n) is 13.7. The van der Waals surface area contributed by atoms with E-state index < -0.39 is 0 Å². The number of hydrogen-bond donors (Lipinski definition) is 0. The number of rotatable bonds is 13. The van der Waals surface area contributed by atoms with Crippen LogP contribution in [-0.2, 0) is 40.3 Å². The molecule has 6 aromatic rings. The van der Waals surface area contributed by atoms with Crippen molar-refractivity contribution in [2.45, 2.75) is 80.3 Å². The monoisotopic (exact) mass is 764 g/mol. The van der Waals surface area contributed by atoms with Gasteiger partial charge in [0.25, 0.3) is 0 Å². The molecule has 0 aliphatic heterocycles. The summed E-state index contributed by atoms with van der Waals surface area (Å²) in [6.45, 7) is 11.8. The lowest BCUT2D eigenvalue weighted by atomic mass is 9.99. The Morgan fingerprint density at radius 3 is 1.76 bits per heavy atom. The third-order valence-corrected chi connectivity index (χ3v) is 10.2. The predicted molar refractivity (Wildman–Crippen MR) is 218 cm³/mol. The van der Waals surface area contributed by atoms with Gasteiger partial charge in [-0.25, -0.2) is 4.79 Å². The van der Waals surface area contributed by atoms with Crippen LogP contribution >= 0.6 is 23.2 Å². The number of carbonyl (C=O) groups excluding carboxylic acids is 4. The molecule has 7 nitrogen and oxygen atoms in total. The Morgan fingerprint density at radius 1 is 0.667 bits per heavy atom. The van der Waals surface area contributed by atoms with Crippen LogP contribution in [0.2, 0.25) is 10.0 Å². The average molecular weight is 766 g/mol. The zero-order valence-electron chi connectivity index (χ0n) is 31.7. The number of ether oxygens (including phenoxy) is 1. The van der Waals surface area contributed by atoms with Gasteiger partial charge in [-0.05, 0) is 105 Å². The van der Waals surface area contributed by atoms with Crippen LogP contribution < -0.4 is 0 Å². The van der Waals surface area contributed by atoms with Gasteiger partial charge in [-0.15, -0.1) is 0 Å². The first-order chi connectivity index (χ1) is 25.8. The van der Waals surface area contributed by atoms with Crippen molar-refractivity contribution < 1.29 is 23.9 Å². The molecule has 0 amide bonds. The van der Waals surface area contributed by atoms with E-state index in [1.807, 2.05) is 103 Å². The molecule has 0 unspecified atom stereocenters. The molecule has 0 fully saturated rings. The number of benzene rings is 4. The first-order valence-corrected chi connectivity index (χ1v) is 18.9. The third-order valence-electron chi connectivity index (χ3n) is 9.51. The quantitative estimate of drug-likeness (QED) is 0.0863. The lowest BCUT2D eigenvalue weighted by Crippen LogP contribution is -2.15. The molecule has 0 saturated carbocycles. The van der Waals surface area contributed by atoms with Gasteiger partial charge in [0.05, 0.1) is 22.8 Å². The molecule has 9 heteroatoms. The van der Waals surface area contributed by atoms with E-state index in [4.69, 9.17) is 27.9 Å². The van der Waals surface area contributed by atoms with Crippen LogP contribution in [0.25, 0.3) is 21.8 Å². The van der Waals surface area contributed by atoms with Gasteiger partial charge in [-0.2, -0.15) is 0 Å². The first-order valence-electron chi connectivity index (χ1n) is 18.2. The number of hydrogen-bond acceptors (Lipinski definition) is 5. The number of Topliss-reactive ketones (excluding diaryl/α,β-unsaturated/α-hetero) is 3. The number of aromatic nitrogens is 2. The van der Waals surface area contributed by atoms with E-state index >= 15 is 0 Å². The van der Waals surface area contributed by atoms with Crippen molar-refractivity contribution in [3.05, 3.63) is 140 Å². The van der Waals surface area contributed by atoms with Gasteiger partial charge in [-0.3, -0.25) is 4.79 Å². The molecule has 280 valence electrons. The number of halogens is 2. The summed E-state index contributed by atoms with van der Waals surface area (Å²) >= 11 is 13.0. The summed E-state index contributed by atoms with van der Waals surface area (Å²) in [5, 5.41) is 3.17.